The molecular weight excluding hydrogens is 516 g/mol. The van der Waals surface area contributed by atoms with Gasteiger partial charge in [-0.05, 0) is 38.8 Å². The quantitative estimate of drug-likeness (QED) is 0.238. The van der Waals surface area contributed by atoms with Gasteiger partial charge < -0.3 is 30.4 Å². The summed E-state index contributed by atoms with van der Waals surface area (Å²) in [4.78, 5) is 64.9. The van der Waals surface area contributed by atoms with E-state index in [-0.39, 0.29) is 38.3 Å². The van der Waals surface area contributed by atoms with E-state index in [0.29, 0.717) is 0 Å². The fourth-order valence-electron chi connectivity index (χ4n) is 4.03. The number of aromatic amines is 1. The zero-order valence-electron chi connectivity index (χ0n) is 22.7. The van der Waals surface area contributed by atoms with Crippen molar-refractivity contribution in [1.82, 2.24) is 20.9 Å². The van der Waals surface area contributed by atoms with Gasteiger partial charge in [0.05, 0.1) is 25.3 Å². The third-order valence-corrected chi connectivity index (χ3v) is 6.00. The average molecular weight is 551 g/mol. The Kier molecular flexibility index (Phi) is 10.8. The predicted octanol–water partition coefficient (Wildman–Crippen LogP) is 2.46. The van der Waals surface area contributed by atoms with E-state index >= 15 is 0 Å². The first kappa shape index (κ1) is 29.9. The summed E-state index contributed by atoms with van der Waals surface area (Å²) < 4.78 is 9.84. The molecule has 1 aromatic heterocycles. The number of para-hydroxylation sites is 1. The maximum absolute atomic E-state index is 12.8. The smallest absolute Gasteiger partial charge is 0.328 e. The molecule has 0 spiro atoms. The monoisotopic (exact) mass is 550 g/mol. The van der Waals surface area contributed by atoms with Crippen molar-refractivity contribution >= 4 is 40.6 Å². The molecule has 3 aromatic rings. The number of fused-ring (bicyclic) bond motifs is 1. The van der Waals surface area contributed by atoms with Crippen molar-refractivity contribution in [3.8, 4) is 11.1 Å². The van der Waals surface area contributed by atoms with Gasteiger partial charge >= 0.3 is 11.9 Å². The van der Waals surface area contributed by atoms with E-state index in [0.717, 1.165) is 22.0 Å². The normalized spacial score (nSPS) is 12.2. The number of nitrogens with one attached hydrogen (secondary N) is 4. The highest BCUT2D eigenvalue weighted by atomic mass is 16.5. The van der Waals surface area contributed by atoms with Crippen molar-refractivity contribution < 1.29 is 33.4 Å². The Morgan fingerprint density at radius 2 is 1.62 bits per heavy atom. The van der Waals surface area contributed by atoms with Gasteiger partial charge in [0, 0.05) is 17.4 Å². The molecule has 0 saturated heterocycles. The number of aromatic nitrogens is 1. The molecule has 1 heterocycles. The van der Waals surface area contributed by atoms with Gasteiger partial charge in [0.15, 0.2) is 0 Å². The summed E-state index contributed by atoms with van der Waals surface area (Å²) in [6.07, 6.45) is -0.110. The van der Waals surface area contributed by atoms with Crippen LogP contribution >= 0.6 is 0 Å². The molecule has 40 heavy (non-hydrogen) atoms. The first-order valence-electron chi connectivity index (χ1n) is 13.1. The fraction of sp³-hybridized carbons (Fsp3) is 0.345. The summed E-state index contributed by atoms with van der Waals surface area (Å²) in [6.45, 7) is 4.64. The van der Waals surface area contributed by atoms with Crippen LogP contribution in [0.2, 0.25) is 0 Å². The minimum Gasteiger partial charge on any atom is -0.466 e. The van der Waals surface area contributed by atoms with E-state index in [1.54, 1.807) is 19.9 Å². The van der Waals surface area contributed by atoms with Gasteiger partial charge in [-0.1, -0.05) is 48.5 Å². The highest BCUT2D eigenvalue weighted by Gasteiger charge is 2.26. The summed E-state index contributed by atoms with van der Waals surface area (Å²) in [5.41, 5.74) is 3.03. The van der Waals surface area contributed by atoms with Crippen LogP contribution in [0.4, 0.5) is 0 Å². The van der Waals surface area contributed by atoms with Gasteiger partial charge in [-0.3, -0.25) is 19.2 Å². The molecule has 0 radical (unpaired) electrons. The van der Waals surface area contributed by atoms with Gasteiger partial charge in [0.2, 0.25) is 11.8 Å². The van der Waals surface area contributed by atoms with Gasteiger partial charge in [0.25, 0.3) is 5.91 Å². The summed E-state index contributed by atoms with van der Waals surface area (Å²) in [5.74, 6) is -2.93. The fourth-order valence-corrected chi connectivity index (χ4v) is 4.03. The van der Waals surface area contributed by atoms with Gasteiger partial charge in [-0.25, -0.2) is 4.79 Å². The molecule has 3 rings (SSSR count). The lowest BCUT2D eigenvalue weighted by molar-refractivity contribution is -0.149. The number of hydrogen-bond donors (Lipinski definition) is 4. The van der Waals surface area contributed by atoms with Crippen LogP contribution in [0, 0.1) is 0 Å². The van der Waals surface area contributed by atoms with E-state index in [2.05, 4.69) is 20.9 Å². The van der Waals surface area contributed by atoms with Crippen molar-refractivity contribution in [1.29, 1.82) is 0 Å². The largest absolute Gasteiger partial charge is 0.466 e. The molecule has 0 aliphatic heterocycles. The lowest BCUT2D eigenvalue weighted by Gasteiger charge is -2.20. The standard InChI is InChI=1S/C29H34N4O7/c1-4-39-25(35)15-14-22(29(38)40-5-2)33-27(36)18(3)31-24(34)17-30-28(37)23-16-20-12-9-13-21(26(20)32-23)19-10-7-6-8-11-19/h6-13,16,18,22,32H,4-5,14-15,17H2,1-3H3,(H,30,37)(H,31,34)(H,33,36)/t18-,22+/m0/s1. The number of esters is 2. The lowest BCUT2D eigenvalue weighted by Crippen LogP contribution is -2.52. The zero-order valence-corrected chi connectivity index (χ0v) is 22.7. The topological polar surface area (TPSA) is 156 Å². The number of carbonyl (C=O) groups excluding carboxylic acids is 5. The number of carbonyl (C=O) groups is 5. The second-order valence-electron chi connectivity index (χ2n) is 8.95. The molecule has 0 unspecified atom stereocenters. The molecule has 212 valence electrons. The summed E-state index contributed by atoms with van der Waals surface area (Å²) in [6, 6.07) is 15.1. The molecule has 0 bridgehead atoms. The van der Waals surface area contributed by atoms with Crippen LogP contribution in [-0.2, 0) is 28.7 Å². The van der Waals surface area contributed by atoms with Crippen molar-refractivity contribution in [2.45, 2.75) is 45.7 Å². The Labute approximate surface area is 232 Å². The molecule has 0 aliphatic carbocycles. The van der Waals surface area contributed by atoms with Crippen molar-refractivity contribution in [3.05, 3.63) is 60.3 Å². The minimum absolute atomic E-state index is 0.0172. The lowest BCUT2D eigenvalue weighted by atomic mass is 10.0. The van der Waals surface area contributed by atoms with Crippen LogP contribution in [-0.4, -0.2) is 66.5 Å². The summed E-state index contributed by atoms with van der Waals surface area (Å²) in [5, 5.41) is 8.38. The molecule has 11 heteroatoms. The molecule has 2 aromatic carbocycles. The zero-order chi connectivity index (χ0) is 29.1. The number of rotatable bonds is 13. The van der Waals surface area contributed by atoms with Crippen molar-refractivity contribution in [2.75, 3.05) is 19.8 Å². The average Bonchev–Trinajstić information content (AvgIpc) is 3.39. The second kappa shape index (κ2) is 14.5. The molecule has 0 saturated carbocycles. The molecule has 3 amide bonds. The third kappa shape index (κ3) is 8.16. The first-order valence-corrected chi connectivity index (χ1v) is 13.1. The number of amides is 3. The third-order valence-electron chi connectivity index (χ3n) is 6.00. The predicted molar refractivity (Wildman–Crippen MR) is 148 cm³/mol. The number of hydrogen-bond acceptors (Lipinski definition) is 7. The van der Waals surface area contributed by atoms with Crippen LogP contribution in [0.15, 0.2) is 54.6 Å². The van der Waals surface area contributed by atoms with Gasteiger partial charge in [0.1, 0.15) is 17.8 Å². The van der Waals surface area contributed by atoms with E-state index in [4.69, 9.17) is 9.47 Å². The van der Waals surface area contributed by atoms with E-state index in [9.17, 15) is 24.0 Å². The molecular formula is C29H34N4O7. The highest BCUT2D eigenvalue weighted by molar-refractivity contribution is 6.03. The van der Waals surface area contributed by atoms with Gasteiger partial charge in [-0.2, -0.15) is 0 Å². The van der Waals surface area contributed by atoms with E-state index < -0.39 is 41.7 Å². The Morgan fingerprint density at radius 3 is 2.33 bits per heavy atom. The molecule has 4 N–H and O–H groups in total. The van der Waals surface area contributed by atoms with Crippen LogP contribution in [0.3, 0.4) is 0 Å². The Balaban J connectivity index is 1.55. The van der Waals surface area contributed by atoms with Crippen molar-refractivity contribution in [3.63, 3.8) is 0 Å². The minimum atomic E-state index is -1.08. The Bertz CT molecular complexity index is 1350. The molecule has 11 nitrogen and oxygen atoms in total. The molecule has 0 fully saturated rings. The highest BCUT2D eigenvalue weighted by Crippen LogP contribution is 2.28. The van der Waals surface area contributed by atoms with Crippen LogP contribution in [0.5, 0.6) is 0 Å². The molecule has 0 aliphatic rings. The van der Waals surface area contributed by atoms with E-state index in [1.165, 1.54) is 6.92 Å². The maximum atomic E-state index is 12.8. The Morgan fingerprint density at radius 1 is 0.900 bits per heavy atom. The Hall–Kier alpha value is -4.67. The van der Waals surface area contributed by atoms with Crippen LogP contribution in [0.1, 0.15) is 44.1 Å². The number of H-pyrrole nitrogens is 1. The number of ether oxygens (including phenoxy) is 2. The first-order chi connectivity index (χ1) is 19.2. The maximum Gasteiger partial charge on any atom is 0.328 e. The SMILES string of the molecule is CCOC(=O)CC[C@@H](NC(=O)[C@H](C)NC(=O)CNC(=O)c1cc2cccc(-c3ccccc3)c2[nH]1)C(=O)OCC. The summed E-state index contributed by atoms with van der Waals surface area (Å²) in [7, 11) is 0. The van der Waals surface area contributed by atoms with Crippen molar-refractivity contribution in [2.24, 2.45) is 0 Å². The van der Waals surface area contributed by atoms with Crippen LogP contribution in [0.25, 0.3) is 22.0 Å². The molecule has 2 atom stereocenters. The van der Waals surface area contributed by atoms with Crippen LogP contribution < -0.4 is 16.0 Å². The van der Waals surface area contributed by atoms with Gasteiger partial charge in [-0.15, -0.1) is 0 Å². The summed E-state index contributed by atoms with van der Waals surface area (Å²) >= 11 is 0. The second-order valence-corrected chi connectivity index (χ2v) is 8.95. The van der Waals surface area contributed by atoms with E-state index in [1.807, 2.05) is 48.5 Å². The number of benzene rings is 2.